The molecule has 1 atom stereocenters. The maximum absolute atomic E-state index is 13.0. The predicted molar refractivity (Wildman–Crippen MR) is 124 cm³/mol. The standard InChI is InChI=1S/C27H31NO4/c1-2-3-4-5-6-7-8-14-19-32-27(31)24(20-21-15-10-9-11-16-21)28-25(29)22-17-12-13-18-23(22)26(28)30/h2,9-13,15-18,24H,1,3-8,14,19-20H2/t24-/m0/s1. The number of esters is 1. The molecule has 0 radical (unpaired) electrons. The van der Waals surface area contributed by atoms with Gasteiger partial charge in [-0.3, -0.25) is 14.5 Å². The number of benzene rings is 2. The molecule has 168 valence electrons. The summed E-state index contributed by atoms with van der Waals surface area (Å²) < 4.78 is 5.53. The van der Waals surface area contributed by atoms with Crippen LogP contribution in [0.2, 0.25) is 0 Å². The van der Waals surface area contributed by atoms with Crippen molar-refractivity contribution < 1.29 is 19.1 Å². The summed E-state index contributed by atoms with van der Waals surface area (Å²) in [6, 6.07) is 15.1. The smallest absolute Gasteiger partial charge is 0.329 e. The molecule has 5 heteroatoms. The van der Waals surface area contributed by atoms with Crippen LogP contribution in [0.3, 0.4) is 0 Å². The largest absolute Gasteiger partial charge is 0.464 e. The summed E-state index contributed by atoms with van der Waals surface area (Å²) in [7, 11) is 0. The molecular weight excluding hydrogens is 402 g/mol. The van der Waals surface area contributed by atoms with E-state index in [0.29, 0.717) is 17.7 Å². The Hall–Kier alpha value is -3.21. The van der Waals surface area contributed by atoms with Crippen LogP contribution in [0.25, 0.3) is 0 Å². The van der Waals surface area contributed by atoms with Crippen molar-refractivity contribution in [3.05, 3.63) is 83.9 Å². The molecule has 1 heterocycles. The van der Waals surface area contributed by atoms with E-state index >= 15 is 0 Å². The number of fused-ring (bicyclic) bond motifs is 1. The van der Waals surface area contributed by atoms with Crippen molar-refractivity contribution in [1.29, 1.82) is 0 Å². The number of amides is 2. The van der Waals surface area contributed by atoms with Crippen molar-refractivity contribution in [1.82, 2.24) is 4.90 Å². The number of ether oxygens (including phenoxy) is 1. The van der Waals surface area contributed by atoms with Gasteiger partial charge in [0.05, 0.1) is 17.7 Å². The molecule has 0 spiro atoms. The monoisotopic (exact) mass is 433 g/mol. The summed E-state index contributed by atoms with van der Waals surface area (Å²) in [5.41, 5.74) is 1.53. The fourth-order valence-electron chi connectivity index (χ4n) is 3.98. The second-order valence-electron chi connectivity index (χ2n) is 8.10. The Kier molecular flexibility index (Phi) is 8.79. The van der Waals surface area contributed by atoms with Crippen molar-refractivity contribution in [3.63, 3.8) is 0 Å². The van der Waals surface area contributed by atoms with Crippen LogP contribution in [-0.2, 0) is 16.0 Å². The number of hydrogen-bond acceptors (Lipinski definition) is 4. The van der Waals surface area contributed by atoms with Gasteiger partial charge in [0.1, 0.15) is 6.04 Å². The van der Waals surface area contributed by atoms with Crippen LogP contribution in [0.4, 0.5) is 0 Å². The molecule has 0 aliphatic carbocycles. The Balaban J connectivity index is 1.60. The lowest BCUT2D eigenvalue weighted by Gasteiger charge is -2.24. The zero-order chi connectivity index (χ0) is 22.8. The van der Waals surface area contributed by atoms with E-state index in [4.69, 9.17) is 4.74 Å². The van der Waals surface area contributed by atoms with Crippen LogP contribution in [0.1, 0.15) is 71.2 Å². The summed E-state index contributed by atoms with van der Waals surface area (Å²) in [5.74, 6) is -1.42. The van der Waals surface area contributed by atoms with E-state index in [2.05, 4.69) is 6.58 Å². The average Bonchev–Trinajstić information content (AvgIpc) is 3.07. The molecule has 1 aliphatic rings. The minimum absolute atomic E-state index is 0.231. The average molecular weight is 434 g/mol. The number of nitrogens with zero attached hydrogens (tertiary/aromatic N) is 1. The molecule has 3 rings (SSSR count). The Labute approximate surface area is 190 Å². The number of carbonyl (C=O) groups is 3. The van der Waals surface area contributed by atoms with E-state index in [1.54, 1.807) is 24.3 Å². The Morgan fingerprint density at radius 3 is 2.03 bits per heavy atom. The first-order valence-electron chi connectivity index (χ1n) is 11.4. The maximum atomic E-state index is 13.0. The lowest BCUT2D eigenvalue weighted by molar-refractivity contribution is -0.148. The summed E-state index contributed by atoms with van der Waals surface area (Å²) in [5, 5.41) is 0. The highest BCUT2D eigenvalue weighted by atomic mass is 16.5. The highest BCUT2D eigenvalue weighted by molar-refractivity contribution is 6.22. The summed E-state index contributed by atoms with van der Waals surface area (Å²) >= 11 is 0. The van der Waals surface area contributed by atoms with Crippen molar-refractivity contribution in [2.45, 2.75) is 57.4 Å². The topological polar surface area (TPSA) is 63.7 Å². The van der Waals surface area contributed by atoms with Gasteiger partial charge in [0.25, 0.3) is 11.8 Å². The van der Waals surface area contributed by atoms with Crippen LogP contribution < -0.4 is 0 Å². The summed E-state index contributed by atoms with van der Waals surface area (Å²) in [4.78, 5) is 40.0. The number of unbranched alkanes of at least 4 members (excludes halogenated alkanes) is 6. The third-order valence-corrected chi connectivity index (χ3v) is 5.73. The molecule has 2 aromatic rings. The number of imide groups is 1. The molecule has 0 bridgehead atoms. The molecule has 0 fully saturated rings. The number of hydrogen-bond donors (Lipinski definition) is 0. The van der Waals surface area contributed by atoms with Gasteiger partial charge in [0.2, 0.25) is 0 Å². The van der Waals surface area contributed by atoms with Gasteiger partial charge in [-0.2, -0.15) is 0 Å². The van der Waals surface area contributed by atoms with Crippen molar-refractivity contribution in [2.24, 2.45) is 0 Å². The lowest BCUT2D eigenvalue weighted by Crippen LogP contribution is -2.47. The van der Waals surface area contributed by atoms with E-state index < -0.39 is 23.8 Å². The van der Waals surface area contributed by atoms with Gasteiger partial charge in [-0.15, -0.1) is 6.58 Å². The molecule has 32 heavy (non-hydrogen) atoms. The maximum Gasteiger partial charge on any atom is 0.329 e. The Morgan fingerprint density at radius 2 is 1.41 bits per heavy atom. The molecule has 2 aromatic carbocycles. The highest BCUT2D eigenvalue weighted by Gasteiger charge is 2.43. The summed E-state index contributed by atoms with van der Waals surface area (Å²) in [6.45, 7) is 4.02. The molecule has 0 N–H and O–H groups in total. The normalized spacial score (nSPS) is 13.7. The first-order valence-corrected chi connectivity index (χ1v) is 11.4. The minimum atomic E-state index is -0.983. The van der Waals surface area contributed by atoms with Crippen molar-refractivity contribution >= 4 is 17.8 Å². The number of rotatable bonds is 13. The molecule has 0 saturated carbocycles. The molecular formula is C27H31NO4. The Bertz CT molecular complexity index is 903. The van der Waals surface area contributed by atoms with E-state index in [0.717, 1.165) is 42.6 Å². The van der Waals surface area contributed by atoms with Gasteiger partial charge < -0.3 is 4.74 Å². The predicted octanol–water partition coefficient (Wildman–Crippen LogP) is 5.35. The zero-order valence-corrected chi connectivity index (χ0v) is 18.5. The van der Waals surface area contributed by atoms with Crippen LogP contribution in [0.5, 0.6) is 0 Å². The quantitative estimate of drug-likeness (QED) is 0.185. The number of carbonyl (C=O) groups excluding carboxylic acids is 3. The molecule has 1 aliphatic heterocycles. The van der Waals surface area contributed by atoms with Gasteiger partial charge in [-0.05, 0) is 37.0 Å². The SMILES string of the molecule is C=CCCCCCCCCOC(=O)[C@H](Cc1ccccc1)N1C(=O)c2ccccc2C1=O. The lowest BCUT2D eigenvalue weighted by atomic mass is 10.0. The minimum Gasteiger partial charge on any atom is -0.464 e. The molecule has 5 nitrogen and oxygen atoms in total. The molecule has 2 amide bonds. The van der Waals surface area contributed by atoms with Crippen molar-refractivity contribution in [3.8, 4) is 0 Å². The van der Waals surface area contributed by atoms with E-state index in [-0.39, 0.29) is 6.42 Å². The zero-order valence-electron chi connectivity index (χ0n) is 18.5. The molecule has 0 aromatic heterocycles. The van der Waals surface area contributed by atoms with Gasteiger partial charge in [0.15, 0.2) is 0 Å². The van der Waals surface area contributed by atoms with Crippen LogP contribution >= 0.6 is 0 Å². The van der Waals surface area contributed by atoms with Gasteiger partial charge in [-0.25, -0.2) is 4.79 Å². The first-order chi connectivity index (χ1) is 15.6. The fourth-order valence-corrected chi connectivity index (χ4v) is 3.98. The number of allylic oxidation sites excluding steroid dienone is 1. The second-order valence-corrected chi connectivity index (χ2v) is 8.10. The molecule has 0 saturated heterocycles. The third kappa shape index (κ3) is 5.94. The third-order valence-electron chi connectivity index (χ3n) is 5.73. The van der Waals surface area contributed by atoms with Gasteiger partial charge in [0, 0.05) is 6.42 Å². The summed E-state index contributed by atoms with van der Waals surface area (Å²) in [6.07, 6.45) is 9.59. The Morgan fingerprint density at radius 1 is 0.844 bits per heavy atom. The van der Waals surface area contributed by atoms with Crippen molar-refractivity contribution in [2.75, 3.05) is 6.61 Å². The van der Waals surface area contributed by atoms with Gasteiger partial charge >= 0.3 is 5.97 Å². The molecule has 0 unspecified atom stereocenters. The highest BCUT2D eigenvalue weighted by Crippen LogP contribution is 2.26. The van der Waals surface area contributed by atoms with Crippen LogP contribution in [0, 0.1) is 0 Å². The second kappa shape index (κ2) is 12.0. The fraction of sp³-hybridized carbons (Fsp3) is 0.370. The first kappa shape index (κ1) is 23.5. The van der Waals surface area contributed by atoms with E-state index in [1.807, 2.05) is 36.4 Å². The van der Waals surface area contributed by atoms with E-state index in [9.17, 15) is 14.4 Å². The van der Waals surface area contributed by atoms with Crippen LogP contribution in [0.15, 0.2) is 67.3 Å². The van der Waals surface area contributed by atoms with Crippen LogP contribution in [-0.4, -0.2) is 35.3 Å². The van der Waals surface area contributed by atoms with E-state index in [1.165, 1.54) is 12.8 Å². The van der Waals surface area contributed by atoms with Gasteiger partial charge in [-0.1, -0.05) is 74.2 Å².